The number of benzene rings is 7. The number of rotatable bonds is 10. The van der Waals surface area contributed by atoms with Crippen LogP contribution in [0.1, 0.15) is 103 Å². The van der Waals surface area contributed by atoms with Crippen LogP contribution in [-0.4, -0.2) is 301 Å². The van der Waals surface area contributed by atoms with Crippen LogP contribution >= 0.6 is 34.0 Å². The van der Waals surface area contributed by atoms with Gasteiger partial charge in [-0.3, -0.25) is 39.9 Å². The molecule has 26 nitrogen and oxygen atoms in total. The third-order valence-corrected chi connectivity index (χ3v) is 33.4. The van der Waals surface area contributed by atoms with Crippen LogP contribution in [0.2, 0.25) is 0 Å². The number of thiophene rings is 3. The van der Waals surface area contributed by atoms with Crippen LogP contribution in [0.4, 0.5) is 44.1 Å². The van der Waals surface area contributed by atoms with Gasteiger partial charge in [-0.2, -0.15) is 0 Å². The fourth-order valence-electron chi connectivity index (χ4n) is 23.5. The molecular weight excluding hydrogens is 1740 g/mol. The SMILES string of the molecule is c1cc(N2CCCN3CCCN=C32)sc1-c1ccc(N2CCCN3CCCN=C32)s1.c1cc2oc3ccc(N4CCCN5CCCN=C54)cc3c2cc1N1CCCN2CCCN=C21.c1cc2sc3ccc(N4CCCN5CCCN=C54)cc3c2cc1N1CCCN2CCCN=C21.c1ccc(-n2c3ccc(N4CCCN5CCCN=C54)cc3c3cc(N4CCCN5CCCN=C54)ccc32)cc1. The third kappa shape index (κ3) is 16.3. The van der Waals surface area contributed by atoms with Crippen LogP contribution < -0.4 is 39.2 Å². The molecule has 28 rings (SSSR count). The maximum Gasteiger partial charge on any atom is 0.201 e. The van der Waals surface area contributed by atoms with E-state index >= 15 is 0 Å². The van der Waals surface area contributed by atoms with E-state index in [0.717, 1.165) is 270 Å². The number of aliphatic imine (C=N–C) groups is 8. The molecule has 0 N–H and O–H groups in total. The van der Waals surface area contributed by atoms with Gasteiger partial charge in [-0.15, -0.1) is 34.0 Å². The molecule has 7 aromatic carbocycles. The van der Waals surface area contributed by atoms with Gasteiger partial charge in [0.1, 0.15) is 11.2 Å². The summed E-state index contributed by atoms with van der Waals surface area (Å²) in [5, 5.41) is 10.3. The van der Waals surface area contributed by atoms with Crippen molar-refractivity contribution >= 4 is 190 Å². The molecule has 8 saturated heterocycles. The molecule has 0 atom stereocenters. The van der Waals surface area contributed by atoms with Gasteiger partial charge in [0.25, 0.3) is 0 Å². The van der Waals surface area contributed by atoms with Crippen molar-refractivity contribution < 1.29 is 4.42 Å². The molecule has 0 aliphatic carbocycles. The normalized spacial score (nSPS) is 20.9. The van der Waals surface area contributed by atoms with Crippen molar-refractivity contribution in [3.05, 3.63) is 164 Å². The number of guanidine groups is 8. The van der Waals surface area contributed by atoms with Gasteiger partial charge in [0.15, 0.2) is 0 Å². The number of para-hydroxylation sites is 1. The number of aromatic nitrogens is 1. The van der Waals surface area contributed by atoms with E-state index in [0.29, 0.717) is 0 Å². The molecule has 0 saturated carbocycles. The summed E-state index contributed by atoms with van der Waals surface area (Å²) < 4.78 is 11.4. The Kier molecular flexibility index (Phi) is 23.3. The summed E-state index contributed by atoms with van der Waals surface area (Å²) in [7, 11) is 0. The fourth-order valence-corrected chi connectivity index (χ4v) is 26.7. The fraction of sp³-hybridized carbons (Fsp3) is 0.453. The van der Waals surface area contributed by atoms with E-state index in [1.165, 1.54) is 213 Å². The maximum atomic E-state index is 6.23. The first-order valence-corrected chi connectivity index (χ1v) is 53.2. The minimum atomic E-state index is 0.929. The van der Waals surface area contributed by atoms with Crippen LogP contribution in [0.3, 0.4) is 0 Å². The number of furan rings is 1. The Morgan fingerprint density at radius 1 is 0.200 bits per heavy atom. The molecule has 0 bridgehead atoms. The number of fused-ring (bicyclic) bond motifs is 17. The van der Waals surface area contributed by atoms with Crippen molar-refractivity contribution in [3.8, 4) is 15.4 Å². The Bertz CT molecular complexity index is 6140. The molecule has 5 aromatic heterocycles. The Labute approximate surface area is 803 Å². The predicted molar refractivity (Wildman–Crippen MR) is 565 cm³/mol. The largest absolute Gasteiger partial charge is 0.456 e. The Morgan fingerprint density at radius 2 is 0.452 bits per heavy atom. The van der Waals surface area contributed by atoms with Gasteiger partial charge in [-0.1, -0.05) is 18.2 Å². The van der Waals surface area contributed by atoms with Gasteiger partial charge >= 0.3 is 0 Å². The molecule has 135 heavy (non-hydrogen) atoms. The second kappa shape index (κ2) is 37.2. The molecule has 12 aromatic rings. The van der Waals surface area contributed by atoms with E-state index in [1.54, 1.807) is 0 Å². The molecule has 0 amide bonds. The third-order valence-electron chi connectivity index (χ3n) is 29.8. The summed E-state index contributed by atoms with van der Waals surface area (Å²) in [6.45, 7) is 34.0. The van der Waals surface area contributed by atoms with Crippen molar-refractivity contribution in [2.75, 3.05) is 249 Å². The van der Waals surface area contributed by atoms with Crippen LogP contribution in [0.5, 0.6) is 0 Å². The molecule has 21 heterocycles. The first kappa shape index (κ1) is 84.6. The van der Waals surface area contributed by atoms with E-state index in [4.69, 9.17) is 44.4 Å². The average molecular weight is 1860 g/mol. The highest BCUT2D eigenvalue weighted by atomic mass is 32.1. The highest BCUT2D eigenvalue weighted by Crippen LogP contribution is 2.46. The van der Waals surface area contributed by atoms with Crippen LogP contribution in [0, 0.1) is 0 Å². The van der Waals surface area contributed by atoms with Crippen molar-refractivity contribution in [2.24, 2.45) is 39.9 Å². The van der Waals surface area contributed by atoms with Gasteiger partial charge in [-0.05, 0) is 248 Å². The van der Waals surface area contributed by atoms with Crippen molar-refractivity contribution in [2.45, 2.75) is 103 Å². The second-order valence-electron chi connectivity index (χ2n) is 38.5. The highest BCUT2D eigenvalue weighted by molar-refractivity contribution is 7.26. The lowest BCUT2D eigenvalue weighted by Gasteiger charge is -2.41. The van der Waals surface area contributed by atoms with Crippen LogP contribution in [0.25, 0.3) is 79.4 Å². The molecular formula is C106H123N25OS3. The summed E-state index contributed by atoms with van der Waals surface area (Å²) in [5.74, 6) is 9.33. The predicted octanol–water partition coefficient (Wildman–Crippen LogP) is 18.1. The Balaban J connectivity index is 0.0000000965. The zero-order valence-corrected chi connectivity index (χ0v) is 80.3. The summed E-state index contributed by atoms with van der Waals surface area (Å²) in [5.41, 5.74) is 13.0. The van der Waals surface area contributed by atoms with Gasteiger partial charge < -0.3 is 87.4 Å². The zero-order chi connectivity index (χ0) is 89.2. The first-order valence-electron chi connectivity index (χ1n) is 50.7. The van der Waals surface area contributed by atoms with Gasteiger partial charge in [0.2, 0.25) is 47.7 Å². The molecule has 0 spiro atoms. The Morgan fingerprint density at radius 3 is 0.756 bits per heavy atom. The molecule has 0 unspecified atom stereocenters. The van der Waals surface area contributed by atoms with Crippen LogP contribution in [-0.2, 0) is 0 Å². The quantitative estimate of drug-likeness (QED) is 0.127. The molecule has 8 fully saturated rings. The zero-order valence-electron chi connectivity index (χ0n) is 77.8. The topological polar surface area (TPSA) is 169 Å². The highest BCUT2D eigenvalue weighted by Gasteiger charge is 2.37. The summed E-state index contributed by atoms with van der Waals surface area (Å²) in [4.78, 5) is 81.0. The molecule has 696 valence electrons. The molecule has 16 aliphatic rings. The number of anilines is 8. The van der Waals surface area contributed by atoms with E-state index in [1.807, 2.05) is 34.0 Å². The average Bonchev–Trinajstić information content (AvgIpc) is 1.58. The summed E-state index contributed by atoms with van der Waals surface area (Å²) in [6, 6.07) is 61.2. The molecule has 0 radical (unpaired) electrons. The summed E-state index contributed by atoms with van der Waals surface area (Å²) >= 11 is 5.70. The van der Waals surface area contributed by atoms with E-state index < -0.39 is 0 Å². The summed E-state index contributed by atoms with van der Waals surface area (Å²) in [6.07, 6.45) is 18.8. The first-order chi connectivity index (χ1) is 66.9. The van der Waals surface area contributed by atoms with Crippen molar-refractivity contribution in [1.29, 1.82) is 0 Å². The lowest BCUT2D eigenvalue weighted by molar-refractivity contribution is 0.360. The van der Waals surface area contributed by atoms with E-state index in [2.05, 4.69) is 247 Å². The van der Waals surface area contributed by atoms with E-state index in [9.17, 15) is 0 Å². The van der Waals surface area contributed by atoms with Gasteiger partial charge in [0.05, 0.1) is 21.0 Å². The lowest BCUT2D eigenvalue weighted by atomic mass is 10.1. The number of hydrogen-bond acceptors (Lipinski definition) is 28. The maximum absolute atomic E-state index is 6.23. The van der Waals surface area contributed by atoms with Gasteiger partial charge in [-0.25, -0.2) is 0 Å². The van der Waals surface area contributed by atoms with E-state index in [-0.39, 0.29) is 0 Å². The lowest BCUT2D eigenvalue weighted by Crippen LogP contribution is -2.52. The minimum Gasteiger partial charge on any atom is -0.456 e. The second-order valence-corrected chi connectivity index (χ2v) is 41.7. The van der Waals surface area contributed by atoms with Crippen molar-refractivity contribution in [1.82, 2.24) is 43.8 Å². The molecule has 16 aliphatic heterocycles. The monoisotopic (exact) mass is 1860 g/mol. The number of hydrogen-bond donors (Lipinski definition) is 0. The Hall–Kier alpha value is -12.1. The van der Waals surface area contributed by atoms with Crippen molar-refractivity contribution in [3.63, 3.8) is 0 Å². The number of nitrogens with zero attached hydrogens (tertiary/aromatic N) is 25. The smallest absolute Gasteiger partial charge is 0.201 e. The minimum absolute atomic E-state index is 0.929. The molecule has 29 heteroatoms. The standard InChI is InChI=1S/C32H35N7.C26H30N6O.C26H30N6S.C22H28N6S2/c1-2-8-24(9-3-1)39-29-12-10-25(37-20-6-18-35-16-4-14-33-31(35)37)22-27(29)28-23-26(11-13-30(28)39)38-21-7-19-36-17-5-15-34-32(36)38;2*1-9-27-25-29(11-1)13-3-15-31(25)19-5-7-23-21(17-19)22-18-20(6-8-24(22)33-23)32-16-4-14-30-12-2-10-28-26(30)32;1-9-23-21-25(11-1)13-3-15-27(21)19-7-5-17(29-19)18-6-8-20(30-18)28-16-4-14-26-12-2-10-24-22(26)28/h1-3,8-13,22-23H,4-7,14-21H2;2*5-8,17-18H,1-4,9-16H2;5-8H,1-4,9-16H2. The van der Waals surface area contributed by atoms with Crippen LogP contribution in [0.15, 0.2) is 208 Å². The van der Waals surface area contributed by atoms with Gasteiger partial charge in [0, 0.05) is 301 Å².